The van der Waals surface area contributed by atoms with Crippen LogP contribution in [0.25, 0.3) is 22.3 Å². The Balaban J connectivity index is 2.14. The van der Waals surface area contributed by atoms with Crippen molar-refractivity contribution in [3.63, 3.8) is 0 Å². The molecular formula is C20H14F2N2O2. The molecule has 4 nitrogen and oxygen atoms in total. The lowest BCUT2D eigenvalue weighted by molar-refractivity contribution is 0.0687. The van der Waals surface area contributed by atoms with E-state index >= 15 is 0 Å². The Morgan fingerprint density at radius 3 is 2.27 bits per heavy atom. The van der Waals surface area contributed by atoms with Crippen molar-refractivity contribution in [1.29, 1.82) is 5.26 Å². The van der Waals surface area contributed by atoms with Crippen LogP contribution in [0.4, 0.5) is 8.78 Å². The molecule has 26 heavy (non-hydrogen) atoms. The second-order valence-electron chi connectivity index (χ2n) is 5.86. The molecule has 130 valence electrons. The lowest BCUT2D eigenvalue weighted by atomic mass is 9.97. The van der Waals surface area contributed by atoms with Gasteiger partial charge in [-0.2, -0.15) is 5.26 Å². The van der Waals surface area contributed by atoms with Gasteiger partial charge in [0, 0.05) is 29.9 Å². The van der Waals surface area contributed by atoms with Crippen LogP contribution in [0.15, 0.2) is 42.5 Å². The molecule has 3 aromatic rings. The summed E-state index contributed by atoms with van der Waals surface area (Å²) in [5.41, 5.74) is 2.47. The second kappa shape index (κ2) is 6.45. The van der Waals surface area contributed by atoms with Gasteiger partial charge in [-0.15, -0.1) is 0 Å². The van der Waals surface area contributed by atoms with Gasteiger partial charge < -0.3 is 9.67 Å². The normalized spacial score (nSPS) is 10.6. The summed E-state index contributed by atoms with van der Waals surface area (Å²) < 4.78 is 28.5. The first-order valence-corrected chi connectivity index (χ1v) is 7.73. The summed E-state index contributed by atoms with van der Waals surface area (Å²) >= 11 is 0. The molecule has 0 aliphatic carbocycles. The summed E-state index contributed by atoms with van der Waals surface area (Å²) in [6, 6.07) is 11.8. The molecule has 0 fully saturated rings. The second-order valence-corrected chi connectivity index (χ2v) is 5.86. The van der Waals surface area contributed by atoms with Gasteiger partial charge >= 0.3 is 5.97 Å². The number of carboxylic acid groups (broad SMARTS) is 1. The number of halogens is 2. The fraction of sp³-hybridized carbons (Fsp3) is 0.100. The van der Waals surface area contributed by atoms with Crippen LogP contribution in [0, 0.1) is 29.9 Å². The van der Waals surface area contributed by atoms with E-state index in [-0.39, 0.29) is 16.8 Å². The van der Waals surface area contributed by atoms with Gasteiger partial charge in [0.1, 0.15) is 23.4 Å². The van der Waals surface area contributed by atoms with Crippen molar-refractivity contribution >= 4 is 5.97 Å². The third-order valence-corrected chi connectivity index (χ3v) is 4.42. The van der Waals surface area contributed by atoms with Gasteiger partial charge in [-0.05, 0) is 30.2 Å². The van der Waals surface area contributed by atoms with Crippen LogP contribution < -0.4 is 0 Å². The largest absolute Gasteiger partial charge is 0.477 e. The van der Waals surface area contributed by atoms with E-state index in [1.807, 2.05) is 0 Å². The number of benzene rings is 2. The number of carboxylic acids is 1. The smallest absolute Gasteiger partial charge is 0.353 e. The average molecular weight is 352 g/mol. The van der Waals surface area contributed by atoms with Crippen molar-refractivity contribution in [1.82, 2.24) is 4.57 Å². The van der Waals surface area contributed by atoms with Crippen molar-refractivity contribution in [2.75, 3.05) is 0 Å². The first-order chi connectivity index (χ1) is 12.3. The Morgan fingerprint density at radius 2 is 1.73 bits per heavy atom. The molecule has 0 bridgehead atoms. The van der Waals surface area contributed by atoms with E-state index in [0.29, 0.717) is 22.4 Å². The summed E-state index contributed by atoms with van der Waals surface area (Å²) in [5.74, 6) is -2.48. The monoisotopic (exact) mass is 352 g/mol. The molecule has 0 aliphatic rings. The molecule has 2 aromatic carbocycles. The van der Waals surface area contributed by atoms with Crippen LogP contribution in [0.5, 0.6) is 0 Å². The highest BCUT2D eigenvalue weighted by molar-refractivity contribution is 5.97. The molecule has 0 amide bonds. The van der Waals surface area contributed by atoms with E-state index in [4.69, 9.17) is 0 Å². The van der Waals surface area contributed by atoms with Crippen LogP contribution in [0.2, 0.25) is 0 Å². The van der Waals surface area contributed by atoms with Crippen molar-refractivity contribution in [2.24, 2.45) is 7.05 Å². The van der Waals surface area contributed by atoms with Gasteiger partial charge in [-0.25, -0.2) is 13.6 Å². The van der Waals surface area contributed by atoms with Gasteiger partial charge in [-0.1, -0.05) is 24.3 Å². The number of aromatic nitrogens is 1. The lowest BCUT2D eigenvalue weighted by Crippen LogP contribution is -2.06. The number of carbonyl (C=O) groups is 1. The molecule has 0 saturated carbocycles. The first-order valence-electron chi connectivity index (χ1n) is 7.73. The minimum absolute atomic E-state index is 0.0137. The summed E-state index contributed by atoms with van der Waals surface area (Å²) in [6.07, 6.45) is 0. The minimum atomic E-state index is -1.14. The molecule has 1 aromatic heterocycles. The van der Waals surface area contributed by atoms with Crippen molar-refractivity contribution in [3.8, 4) is 28.3 Å². The zero-order valence-corrected chi connectivity index (χ0v) is 14.0. The maximum Gasteiger partial charge on any atom is 0.353 e. The highest BCUT2D eigenvalue weighted by Crippen LogP contribution is 2.33. The number of nitriles is 1. The molecule has 0 spiro atoms. The van der Waals surface area contributed by atoms with Crippen molar-refractivity contribution in [3.05, 3.63) is 71.1 Å². The van der Waals surface area contributed by atoms with Crippen LogP contribution in [0.1, 0.15) is 21.7 Å². The van der Waals surface area contributed by atoms with Gasteiger partial charge in [0.15, 0.2) is 0 Å². The minimum Gasteiger partial charge on any atom is -0.477 e. The van der Waals surface area contributed by atoms with Crippen LogP contribution in [-0.2, 0) is 7.05 Å². The molecular weight excluding hydrogens is 338 g/mol. The number of hydrogen-bond acceptors (Lipinski definition) is 2. The Kier molecular flexibility index (Phi) is 4.31. The average Bonchev–Trinajstić information content (AvgIpc) is 2.86. The van der Waals surface area contributed by atoms with E-state index in [0.717, 1.165) is 6.07 Å². The van der Waals surface area contributed by atoms with Gasteiger partial charge in [0.05, 0.1) is 5.56 Å². The number of nitrogens with zero attached hydrogens (tertiary/aromatic N) is 2. The van der Waals surface area contributed by atoms with E-state index in [1.165, 1.54) is 16.7 Å². The summed E-state index contributed by atoms with van der Waals surface area (Å²) in [7, 11) is 1.59. The molecule has 1 N–H and O–H groups in total. The number of hydrogen-bond donors (Lipinski definition) is 1. The predicted octanol–water partition coefficient (Wildman–Crippen LogP) is 4.52. The fourth-order valence-corrected chi connectivity index (χ4v) is 3.01. The summed E-state index contributed by atoms with van der Waals surface area (Å²) in [4.78, 5) is 11.6. The SMILES string of the molecule is Cc1c(C#N)c(-c2ccc(-c3ccc(F)cc3F)cc2)c(C(=O)O)n1C. The zero-order valence-electron chi connectivity index (χ0n) is 14.0. The van der Waals surface area contributed by atoms with E-state index in [9.17, 15) is 23.9 Å². The third kappa shape index (κ3) is 2.74. The van der Waals surface area contributed by atoms with Gasteiger partial charge in [-0.3, -0.25) is 0 Å². The van der Waals surface area contributed by atoms with Crippen LogP contribution in [-0.4, -0.2) is 15.6 Å². The Labute approximate surface area is 148 Å². The number of rotatable bonds is 3. The fourth-order valence-electron chi connectivity index (χ4n) is 3.01. The van der Waals surface area contributed by atoms with Gasteiger partial charge in [0.2, 0.25) is 0 Å². The van der Waals surface area contributed by atoms with E-state index in [1.54, 1.807) is 38.2 Å². The quantitative estimate of drug-likeness (QED) is 0.754. The zero-order chi connectivity index (χ0) is 19.0. The van der Waals surface area contributed by atoms with Crippen LogP contribution in [0.3, 0.4) is 0 Å². The molecule has 6 heteroatoms. The predicted molar refractivity (Wildman–Crippen MR) is 92.6 cm³/mol. The lowest BCUT2D eigenvalue weighted by Gasteiger charge is -2.07. The third-order valence-electron chi connectivity index (χ3n) is 4.42. The standard InChI is InChI=1S/C20H14F2N2O2/c1-11-16(10-23)18(19(20(25)26)24(11)2)13-5-3-12(4-6-13)15-8-7-14(21)9-17(15)22/h3-9H,1-2H3,(H,25,26). The molecule has 0 radical (unpaired) electrons. The summed E-state index contributed by atoms with van der Waals surface area (Å²) in [6.45, 7) is 1.68. The maximum absolute atomic E-state index is 13.9. The molecule has 0 atom stereocenters. The van der Waals surface area contributed by atoms with Gasteiger partial charge in [0.25, 0.3) is 0 Å². The number of aromatic carboxylic acids is 1. The highest BCUT2D eigenvalue weighted by Gasteiger charge is 2.24. The van der Waals surface area contributed by atoms with E-state index in [2.05, 4.69) is 6.07 Å². The van der Waals surface area contributed by atoms with Crippen molar-refractivity contribution < 1.29 is 18.7 Å². The molecule has 3 rings (SSSR count). The topological polar surface area (TPSA) is 66.0 Å². The Morgan fingerprint density at radius 1 is 1.12 bits per heavy atom. The first kappa shape index (κ1) is 17.4. The van der Waals surface area contributed by atoms with Crippen LogP contribution >= 0.6 is 0 Å². The summed E-state index contributed by atoms with van der Waals surface area (Å²) in [5, 5.41) is 19.0. The molecule has 0 saturated heterocycles. The highest BCUT2D eigenvalue weighted by atomic mass is 19.1. The maximum atomic E-state index is 13.9. The molecule has 0 aliphatic heterocycles. The van der Waals surface area contributed by atoms with Crippen molar-refractivity contribution in [2.45, 2.75) is 6.92 Å². The Bertz CT molecular complexity index is 1060. The molecule has 0 unspecified atom stereocenters. The van der Waals surface area contributed by atoms with E-state index < -0.39 is 17.6 Å². The molecule has 1 heterocycles. The Hall–Kier alpha value is -3.46.